The van der Waals surface area contributed by atoms with Gasteiger partial charge in [0.1, 0.15) is 10.6 Å². The van der Waals surface area contributed by atoms with Gasteiger partial charge in [-0.3, -0.25) is 0 Å². The largest absolute Gasteiger partial charge is 0.454 e. The summed E-state index contributed by atoms with van der Waals surface area (Å²) >= 11 is 5.30. The van der Waals surface area contributed by atoms with Crippen molar-refractivity contribution in [2.45, 2.75) is 26.3 Å². The molecular weight excluding hydrogens is 218 g/mol. The van der Waals surface area contributed by atoms with E-state index < -0.39 is 0 Å². The van der Waals surface area contributed by atoms with Gasteiger partial charge in [0.15, 0.2) is 5.76 Å². The van der Waals surface area contributed by atoms with E-state index in [1.807, 2.05) is 30.3 Å². The van der Waals surface area contributed by atoms with Gasteiger partial charge >= 0.3 is 0 Å². The van der Waals surface area contributed by atoms with Crippen LogP contribution in [0.3, 0.4) is 0 Å². The third-order valence-corrected chi connectivity index (χ3v) is 2.44. The number of hydrogen-bond acceptors (Lipinski definition) is 2. The number of hydrogen-bond donors (Lipinski definition) is 1. The Morgan fingerprint density at radius 2 is 1.94 bits per heavy atom. The first kappa shape index (κ1) is 11.1. The SMILES string of the molecule is CC(C)(C)NC(=S)c1cc2ccccc2o1. The van der Waals surface area contributed by atoms with Gasteiger partial charge in [0, 0.05) is 10.9 Å². The van der Waals surface area contributed by atoms with Crippen molar-refractivity contribution >= 4 is 28.2 Å². The lowest BCUT2D eigenvalue weighted by Crippen LogP contribution is -2.39. The fourth-order valence-electron chi connectivity index (χ4n) is 1.50. The zero-order chi connectivity index (χ0) is 11.8. The van der Waals surface area contributed by atoms with Gasteiger partial charge in [0.25, 0.3) is 0 Å². The van der Waals surface area contributed by atoms with Crippen LogP contribution in [0.25, 0.3) is 11.0 Å². The van der Waals surface area contributed by atoms with E-state index in [0.29, 0.717) is 4.99 Å². The zero-order valence-corrected chi connectivity index (χ0v) is 10.5. The Kier molecular flexibility index (Phi) is 2.72. The van der Waals surface area contributed by atoms with Crippen LogP contribution in [-0.2, 0) is 0 Å². The highest BCUT2D eigenvalue weighted by Gasteiger charge is 2.15. The fraction of sp³-hybridized carbons (Fsp3) is 0.308. The van der Waals surface area contributed by atoms with Crippen molar-refractivity contribution < 1.29 is 4.42 Å². The highest BCUT2D eigenvalue weighted by atomic mass is 32.1. The maximum atomic E-state index is 5.67. The van der Waals surface area contributed by atoms with E-state index in [1.54, 1.807) is 0 Å². The quantitative estimate of drug-likeness (QED) is 0.763. The Bertz CT molecular complexity index is 489. The smallest absolute Gasteiger partial charge is 0.162 e. The molecule has 2 aromatic rings. The summed E-state index contributed by atoms with van der Waals surface area (Å²) in [6.07, 6.45) is 0. The van der Waals surface area contributed by atoms with Gasteiger partial charge in [0.2, 0.25) is 0 Å². The van der Waals surface area contributed by atoms with Gasteiger partial charge in [-0.05, 0) is 32.9 Å². The summed E-state index contributed by atoms with van der Waals surface area (Å²) in [6.45, 7) is 6.21. The second-order valence-corrected chi connectivity index (χ2v) is 5.26. The molecule has 0 saturated heterocycles. The summed E-state index contributed by atoms with van der Waals surface area (Å²) in [5.41, 5.74) is 0.825. The lowest BCUT2D eigenvalue weighted by atomic mass is 10.1. The molecule has 3 heteroatoms. The molecule has 2 rings (SSSR count). The monoisotopic (exact) mass is 233 g/mol. The number of para-hydroxylation sites is 1. The average Bonchev–Trinajstić information content (AvgIpc) is 2.58. The first-order chi connectivity index (χ1) is 7.46. The van der Waals surface area contributed by atoms with E-state index in [-0.39, 0.29) is 5.54 Å². The molecule has 0 aliphatic carbocycles. The molecule has 0 atom stereocenters. The van der Waals surface area contributed by atoms with Gasteiger partial charge in [-0.2, -0.15) is 0 Å². The number of benzene rings is 1. The first-order valence-corrected chi connectivity index (χ1v) is 5.68. The van der Waals surface area contributed by atoms with Gasteiger partial charge < -0.3 is 9.73 Å². The van der Waals surface area contributed by atoms with Crippen LogP contribution in [0.1, 0.15) is 26.5 Å². The molecule has 1 aromatic carbocycles. The second kappa shape index (κ2) is 3.91. The highest BCUT2D eigenvalue weighted by Crippen LogP contribution is 2.19. The summed E-state index contributed by atoms with van der Waals surface area (Å²) in [5.74, 6) is 0.728. The molecule has 1 heterocycles. The number of fused-ring (bicyclic) bond motifs is 1. The zero-order valence-electron chi connectivity index (χ0n) is 9.70. The van der Waals surface area contributed by atoms with E-state index >= 15 is 0 Å². The highest BCUT2D eigenvalue weighted by molar-refractivity contribution is 7.80. The van der Waals surface area contributed by atoms with Crippen molar-refractivity contribution in [1.82, 2.24) is 5.32 Å². The van der Waals surface area contributed by atoms with Crippen LogP contribution < -0.4 is 5.32 Å². The Morgan fingerprint density at radius 3 is 2.56 bits per heavy atom. The molecule has 0 amide bonds. The molecule has 0 spiro atoms. The van der Waals surface area contributed by atoms with Crippen molar-refractivity contribution in [3.05, 3.63) is 36.1 Å². The van der Waals surface area contributed by atoms with Crippen molar-refractivity contribution in [2.24, 2.45) is 0 Å². The molecule has 0 fully saturated rings. The molecular formula is C13H15NOS. The molecule has 0 unspecified atom stereocenters. The van der Waals surface area contributed by atoms with E-state index in [4.69, 9.17) is 16.6 Å². The van der Waals surface area contributed by atoms with Crippen LogP contribution in [0.2, 0.25) is 0 Å². The molecule has 0 bridgehead atoms. The molecule has 0 aliphatic heterocycles. The van der Waals surface area contributed by atoms with Crippen LogP contribution >= 0.6 is 12.2 Å². The van der Waals surface area contributed by atoms with Crippen molar-refractivity contribution in [3.63, 3.8) is 0 Å². The van der Waals surface area contributed by atoms with E-state index in [0.717, 1.165) is 16.7 Å². The van der Waals surface area contributed by atoms with Crippen LogP contribution in [0.4, 0.5) is 0 Å². The van der Waals surface area contributed by atoms with E-state index in [2.05, 4.69) is 26.1 Å². The molecule has 84 valence electrons. The standard InChI is InChI=1S/C13H15NOS/c1-13(2,3)14-12(16)11-8-9-6-4-5-7-10(9)15-11/h4-8H,1-3H3,(H,14,16). The number of nitrogens with one attached hydrogen (secondary N) is 1. The van der Waals surface area contributed by atoms with Crippen LogP contribution in [0.5, 0.6) is 0 Å². The molecule has 0 radical (unpaired) electrons. The lowest BCUT2D eigenvalue weighted by Gasteiger charge is -2.21. The van der Waals surface area contributed by atoms with Crippen molar-refractivity contribution in [1.29, 1.82) is 0 Å². The Balaban J connectivity index is 2.30. The van der Waals surface area contributed by atoms with Crippen LogP contribution in [0, 0.1) is 0 Å². The average molecular weight is 233 g/mol. The molecule has 16 heavy (non-hydrogen) atoms. The minimum Gasteiger partial charge on any atom is -0.454 e. The normalized spacial score (nSPS) is 11.7. The second-order valence-electron chi connectivity index (χ2n) is 4.85. The van der Waals surface area contributed by atoms with E-state index in [9.17, 15) is 0 Å². The summed E-state index contributed by atoms with van der Waals surface area (Å²) in [7, 11) is 0. The first-order valence-electron chi connectivity index (χ1n) is 5.27. The lowest BCUT2D eigenvalue weighted by molar-refractivity contribution is 0.506. The summed E-state index contributed by atoms with van der Waals surface area (Å²) in [6, 6.07) is 9.87. The molecule has 1 N–H and O–H groups in total. The van der Waals surface area contributed by atoms with E-state index in [1.165, 1.54) is 0 Å². The van der Waals surface area contributed by atoms with Gasteiger partial charge in [0.05, 0.1) is 0 Å². The molecule has 2 nitrogen and oxygen atoms in total. The topological polar surface area (TPSA) is 25.2 Å². The minimum absolute atomic E-state index is 0.0456. The molecule has 1 aromatic heterocycles. The van der Waals surface area contributed by atoms with Crippen molar-refractivity contribution in [3.8, 4) is 0 Å². The predicted octanol–water partition coefficient (Wildman–Crippen LogP) is 3.50. The maximum Gasteiger partial charge on any atom is 0.162 e. The number of rotatable bonds is 1. The Morgan fingerprint density at radius 1 is 1.25 bits per heavy atom. The summed E-state index contributed by atoms with van der Waals surface area (Å²) in [5, 5.41) is 4.31. The minimum atomic E-state index is -0.0456. The predicted molar refractivity (Wildman–Crippen MR) is 70.8 cm³/mol. The Hall–Kier alpha value is -1.35. The van der Waals surface area contributed by atoms with Gasteiger partial charge in [-0.25, -0.2) is 0 Å². The maximum absolute atomic E-state index is 5.67. The summed E-state index contributed by atoms with van der Waals surface area (Å²) in [4.78, 5) is 0.656. The number of thiocarbonyl (C=S) groups is 1. The summed E-state index contributed by atoms with van der Waals surface area (Å²) < 4.78 is 5.67. The van der Waals surface area contributed by atoms with Crippen LogP contribution in [-0.4, -0.2) is 10.5 Å². The molecule has 0 aliphatic rings. The molecule has 0 saturated carbocycles. The Labute approximate surface area is 101 Å². The van der Waals surface area contributed by atoms with Crippen LogP contribution in [0.15, 0.2) is 34.7 Å². The third kappa shape index (κ3) is 2.42. The fourth-order valence-corrected chi connectivity index (χ4v) is 1.90. The third-order valence-electron chi connectivity index (χ3n) is 2.14. The van der Waals surface area contributed by atoms with Crippen molar-refractivity contribution in [2.75, 3.05) is 0 Å². The number of furan rings is 1. The van der Waals surface area contributed by atoms with Gasteiger partial charge in [-0.1, -0.05) is 30.4 Å². The van der Waals surface area contributed by atoms with Gasteiger partial charge in [-0.15, -0.1) is 0 Å².